The summed E-state index contributed by atoms with van der Waals surface area (Å²) in [6.07, 6.45) is 1.17. The second-order valence-corrected chi connectivity index (χ2v) is 4.07. The maximum absolute atomic E-state index is 11.3. The molecule has 108 valence electrons. The zero-order valence-corrected chi connectivity index (χ0v) is 15.4. The SMILES string of the molecule is CCOC(=O)/C=C(\C)NC(C(=O)[O-])c1ccc(O)cc1.[K+]. The van der Waals surface area contributed by atoms with Gasteiger partial charge in [-0.05, 0) is 31.5 Å². The van der Waals surface area contributed by atoms with E-state index < -0.39 is 18.0 Å². The average molecular weight is 317 g/mol. The molecular weight excluding hydrogens is 301 g/mol. The number of carbonyl (C=O) groups is 2. The molecule has 0 fully saturated rings. The van der Waals surface area contributed by atoms with Gasteiger partial charge >= 0.3 is 57.4 Å². The van der Waals surface area contributed by atoms with E-state index in [-0.39, 0.29) is 63.7 Å². The van der Waals surface area contributed by atoms with Crippen molar-refractivity contribution in [1.82, 2.24) is 5.32 Å². The molecule has 0 radical (unpaired) electrons. The molecule has 0 amide bonds. The number of hydrogen-bond donors (Lipinski definition) is 2. The van der Waals surface area contributed by atoms with Crippen LogP contribution in [0.5, 0.6) is 5.75 Å². The largest absolute Gasteiger partial charge is 1.00 e. The number of rotatable bonds is 6. The number of allylic oxidation sites excluding steroid dienone is 1. The second-order valence-electron chi connectivity index (χ2n) is 4.07. The molecule has 0 saturated heterocycles. The van der Waals surface area contributed by atoms with Crippen molar-refractivity contribution in [3.63, 3.8) is 0 Å². The fourth-order valence-corrected chi connectivity index (χ4v) is 1.58. The molecule has 1 unspecified atom stereocenters. The van der Waals surface area contributed by atoms with Crippen molar-refractivity contribution in [1.29, 1.82) is 0 Å². The van der Waals surface area contributed by atoms with Gasteiger partial charge in [-0.15, -0.1) is 0 Å². The van der Waals surface area contributed by atoms with Crippen molar-refractivity contribution in [2.75, 3.05) is 6.61 Å². The Bertz CT molecular complexity index is 513. The Balaban J connectivity index is 0.00000400. The molecule has 7 heteroatoms. The molecule has 0 aliphatic carbocycles. The number of carboxylic acids is 1. The average Bonchev–Trinajstić information content (AvgIpc) is 2.37. The number of phenols is 1. The predicted molar refractivity (Wildman–Crippen MR) is 69.4 cm³/mol. The molecule has 0 aliphatic heterocycles. The van der Waals surface area contributed by atoms with Gasteiger partial charge in [-0.25, -0.2) is 4.79 Å². The molecule has 1 aromatic rings. The fraction of sp³-hybridized carbons (Fsp3) is 0.286. The van der Waals surface area contributed by atoms with Gasteiger partial charge in [-0.1, -0.05) is 12.1 Å². The standard InChI is InChI=1S/C14H17NO5.K/c1-3-20-12(17)8-9(2)15-13(14(18)19)10-4-6-11(16)7-5-10;/h4-8,13,15-16H,3H2,1-2H3,(H,18,19);/q;+1/p-1/b9-8+;. The number of benzene rings is 1. The van der Waals surface area contributed by atoms with Gasteiger partial charge in [0.25, 0.3) is 0 Å². The number of carbonyl (C=O) groups excluding carboxylic acids is 2. The topological polar surface area (TPSA) is 98.7 Å². The van der Waals surface area contributed by atoms with Crippen molar-refractivity contribution in [3.05, 3.63) is 41.6 Å². The first-order valence-electron chi connectivity index (χ1n) is 6.05. The van der Waals surface area contributed by atoms with Gasteiger partial charge < -0.3 is 25.1 Å². The molecule has 0 bridgehead atoms. The monoisotopic (exact) mass is 317 g/mol. The molecule has 21 heavy (non-hydrogen) atoms. The minimum Gasteiger partial charge on any atom is -0.548 e. The summed E-state index contributed by atoms with van der Waals surface area (Å²) < 4.78 is 4.72. The summed E-state index contributed by atoms with van der Waals surface area (Å²) in [6.45, 7) is 3.46. The van der Waals surface area contributed by atoms with Crippen LogP contribution in [0.1, 0.15) is 25.5 Å². The van der Waals surface area contributed by atoms with E-state index in [1.165, 1.54) is 30.3 Å². The van der Waals surface area contributed by atoms with Crippen LogP contribution in [0.25, 0.3) is 0 Å². The Labute approximate surface area is 165 Å². The minimum absolute atomic E-state index is 0. The summed E-state index contributed by atoms with van der Waals surface area (Å²) in [5.41, 5.74) is 0.741. The Morgan fingerprint density at radius 2 is 1.95 bits per heavy atom. The van der Waals surface area contributed by atoms with Crippen molar-refractivity contribution in [3.8, 4) is 5.75 Å². The molecule has 0 spiro atoms. The van der Waals surface area contributed by atoms with E-state index in [1.807, 2.05) is 0 Å². The van der Waals surface area contributed by atoms with Crippen LogP contribution in [0.15, 0.2) is 36.0 Å². The molecular formula is C14H16KNO5. The number of esters is 1. The van der Waals surface area contributed by atoms with Gasteiger partial charge in [-0.2, -0.15) is 0 Å². The van der Waals surface area contributed by atoms with E-state index >= 15 is 0 Å². The summed E-state index contributed by atoms with van der Waals surface area (Å²) in [5, 5.41) is 23.0. The zero-order valence-electron chi connectivity index (χ0n) is 12.3. The van der Waals surface area contributed by atoms with Crippen molar-refractivity contribution in [2.24, 2.45) is 0 Å². The van der Waals surface area contributed by atoms with Crippen molar-refractivity contribution in [2.45, 2.75) is 19.9 Å². The molecule has 0 saturated carbocycles. The number of nitrogens with one attached hydrogen (secondary N) is 1. The minimum atomic E-state index is -1.34. The van der Waals surface area contributed by atoms with Crippen LogP contribution in [-0.4, -0.2) is 23.7 Å². The molecule has 2 N–H and O–H groups in total. The summed E-state index contributed by atoms with van der Waals surface area (Å²) >= 11 is 0. The number of ether oxygens (including phenoxy) is 1. The van der Waals surface area contributed by atoms with Crippen LogP contribution < -0.4 is 61.8 Å². The van der Waals surface area contributed by atoms with Gasteiger partial charge in [-0.3, -0.25) is 0 Å². The Morgan fingerprint density at radius 1 is 1.38 bits per heavy atom. The fourth-order valence-electron chi connectivity index (χ4n) is 1.58. The smallest absolute Gasteiger partial charge is 0.548 e. The normalized spacial score (nSPS) is 12.0. The first-order chi connectivity index (χ1) is 9.43. The number of aromatic hydroxyl groups is 1. The van der Waals surface area contributed by atoms with Gasteiger partial charge in [0.2, 0.25) is 0 Å². The van der Waals surface area contributed by atoms with E-state index in [2.05, 4.69) is 5.32 Å². The molecule has 0 heterocycles. The number of hydrogen-bond acceptors (Lipinski definition) is 6. The van der Waals surface area contributed by atoms with Crippen LogP contribution in [0.2, 0.25) is 0 Å². The Morgan fingerprint density at radius 3 is 2.43 bits per heavy atom. The first kappa shape index (κ1) is 20.1. The summed E-state index contributed by atoms with van der Waals surface area (Å²) in [6, 6.07) is 4.54. The summed E-state index contributed by atoms with van der Waals surface area (Å²) in [4.78, 5) is 22.4. The third kappa shape index (κ3) is 7.10. The maximum Gasteiger partial charge on any atom is 1.00 e. The van der Waals surface area contributed by atoms with E-state index in [9.17, 15) is 19.8 Å². The van der Waals surface area contributed by atoms with Gasteiger partial charge in [0.05, 0.1) is 18.6 Å². The number of phenolic OH excluding ortho intramolecular Hbond substituents is 1. The van der Waals surface area contributed by atoms with Crippen molar-refractivity contribution < 1.29 is 75.9 Å². The number of carboxylic acid groups (broad SMARTS) is 1. The van der Waals surface area contributed by atoms with Crippen LogP contribution in [0.3, 0.4) is 0 Å². The third-order valence-electron chi connectivity index (χ3n) is 2.46. The zero-order chi connectivity index (χ0) is 15.1. The quantitative estimate of drug-likeness (QED) is 0.335. The van der Waals surface area contributed by atoms with E-state index in [0.717, 1.165) is 0 Å². The second kappa shape index (κ2) is 9.96. The van der Waals surface area contributed by atoms with Crippen LogP contribution in [0, 0.1) is 0 Å². The van der Waals surface area contributed by atoms with E-state index in [4.69, 9.17) is 4.74 Å². The molecule has 0 aliphatic rings. The molecule has 0 aromatic heterocycles. The molecule has 1 aromatic carbocycles. The van der Waals surface area contributed by atoms with Gasteiger partial charge in [0, 0.05) is 11.8 Å². The molecule has 1 rings (SSSR count). The summed E-state index contributed by atoms with van der Waals surface area (Å²) in [7, 11) is 0. The van der Waals surface area contributed by atoms with Crippen LogP contribution in [0.4, 0.5) is 0 Å². The predicted octanol–water partition coefficient (Wildman–Crippen LogP) is -2.76. The first-order valence-corrected chi connectivity index (χ1v) is 6.05. The Kier molecular flexibility index (Phi) is 9.55. The van der Waals surface area contributed by atoms with E-state index in [0.29, 0.717) is 11.3 Å². The molecule has 1 atom stereocenters. The van der Waals surface area contributed by atoms with Crippen LogP contribution in [-0.2, 0) is 14.3 Å². The van der Waals surface area contributed by atoms with Gasteiger partial charge in [0.15, 0.2) is 0 Å². The van der Waals surface area contributed by atoms with Gasteiger partial charge in [0.1, 0.15) is 5.75 Å². The van der Waals surface area contributed by atoms with E-state index in [1.54, 1.807) is 13.8 Å². The maximum atomic E-state index is 11.3. The van der Waals surface area contributed by atoms with Crippen LogP contribution >= 0.6 is 0 Å². The van der Waals surface area contributed by atoms with Crippen molar-refractivity contribution >= 4 is 11.9 Å². The summed E-state index contributed by atoms with van der Waals surface area (Å²) in [5.74, 6) is -1.86. The Hall–Kier alpha value is -0.864. The number of aliphatic carboxylic acids is 1. The third-order valence-corrected chi connectivity index (χ3v) is 2.46. The molecule has 6 nitrogen and oxygen atoms in total.